The highest BCUT2D eigenvalue weighted by Gasteiger charge is 2.39. The molecule has 4 nitrogen and oxygen atoms in total. The number of fused-ring (bicyclic) bond motifs is 7. The first-order valence-electron chi connectivity index (χ1n) is 16.1. The molecule has 0 N–H and O–H groups in total. The van der Waals surface area contributed by atoms with E-state index in [1.165, 1.54) is 55.3 Å². The summed E-state index contributed by atoms with van der Waals surface area (Å²) in [5.41, 5.74) is 12.7. The van der Waals surface area contributed by atoms with Crippen LogP contribution in [0.5, 0.6) is 5.75 Å². The molecule has 0 bridgehead atoms. The normalized spacial score (nSPS) is 16.9. The second kappa shape index (κ2) is 10.2. The van der Waals surface area contributed by atoms with Crippen LogP contribution in [0, 0.1) is 0 Å². The van der Waals surface area contributed by atoms with Gasteiger partial charge in [-0.05, 0) is 82.9 Å². The molecular formula is C43H29N3O. The first kappa shape index (κ1) is 26.1. The van der Waals surface area contributed by atoms with Gasteiger partial charge in [0.15, 0.2) is 0 Å². The summed E-state index contributed by atoms with van der Waals surface area (Å²) < 4.78 is 11.2. The fourth-order valence-corrected chi connectivity index (χ4v) is 7.58. The van der Waals surface area contributed by atoms with E-state index in [2.05, 4.69) is 155 Å². The second-order valence-corrected chi connectivity index (χ2v) is 12.4. The van der Waals surface area contributed by atoms with Crippen LogP contribution >= 0.6 is 0 Å². The van der Waals surface area contributed by atoms with Crippen molar-refractivity contribution >= 4 is 44.1 Å². The SMILES string of the molecule is C1=C(c2cccc(-c3ccc4c(c3)c3ccccc3n4-c3ccccc3)c2)C=C(n2cnc3ccccc32)C2Oc3ccccc3C12. The van der Waals surface area contributed by atoms with E-state index in [0.717, 1.165) is 22.5 Å². The Morgan fingerprint density at radius 2 is 1.32 bits per heavy atom. The summed E-state index contributed by atoms with van der Waals surface area (Å²) in [4.78, 5) is 4.72. The zero-order valence-electron chi connectivity index (χ0n) is 25.5. The Balaban J connectivity index is 1.11. The van der Waals surface area contributed by atoms with Crippen molar-refractivity contribution in [2.75, 3.05) is 0 Å². The van der Waals surface area contributed by atoms with Crippen LogP contribution in [0.15, 0.2) is 164 Å². The minimum Gasteiger partial charge on any atom is -0.483 e. The van der Waals surface area contributed by atoms with Gasteiger partial charge in [-0.1, -0.05) is 97.1 Å². The predicted molar refractivity (Wildman–Crippen MR) is 192 cm³/mol. The lowest BCUT2D eigenvalue weighted by molar-refractivity contribution is 0.272. The highest BCUT2D eigenvalue weighted by molar-refractivity contribution is 6.10. The number of imidazole rings is 1. The van der Waals surface area contributed by atoms with Gasteiger partial charge < -0.3 is 9.30 Å². The van der Waals surface area contributed by atoms with Gasteiger partial charge >= 0.3 is 0 Å². The summed E-state index contributed by atoms with van der Waals surface area (Å²) in [6, 6.07) is 51.8. The standard InChI is InChI=1S/C43H29N3O/c1-2-13-32(14-3-1)46-38-18-7-4-15-33(38)35-24-30(21-22-39(35)46)28-11-10-12-29(23-28)31-25-36-34-16-5-9-20-42(34)47-43(36)41(26-31)45-27-44-37-17-6-8-19-40(37)45/h1-27,36,43H. The van der Waals surface area contributed by atoms with Gasteiger partial charge in [0.25, 0.3) is 0 Å². The molecule has 0 amide bonds. The van der Waals surface area contributed by atoms with Crippen LogP contribution in [-0.4, -0.2) is 20.2 Å². The van der Waals surface area contributed by atoms with E-state index >= 15 is 0 Å². The second-order valence-electron chi connectivity index (χ2n) is 12.4. The molecule has 222 valence electrons. The highest BCUT2D eigenvalue weighted by Crippen LogP contribution is 2.48. The maximum atomic E-state index is 6.62. The van der Waals surface area contributed by atoms with Crippen molar-refractivity contribution in [2.45, 2.75) is 12.0 Å². The predicted octanol–water partition coefficient (Wildman–Crippen LogP) is 10.3. The van der Waals surface area contributed by atoms with Gasteiger partial charge in [-0.25, -0.2) is 4.98 Å². The van der Waals surface area contributed by atoms with Gasteiger partial charge in [-0.15, -0.1) is 0 Å². The molecule has 4 heteroatoms. The van der Waals surface area contributed by atoms with Crippen molar-refractivity contribution in [1.29, 1.82) is 0 Å². The minimum absolute atomic E-state index is 0.103. The third kappa shape index (κ3) is 4.05. The van der Waals surface area contributed by atoms with Crippen LogP contribution in [0.4, 0.5) is 0 Å². The van der Waals surface area contributed by atoms with E-state index in [4.69, 9.17) is 9.72 Å². The summed E-state index contributed by atoms with van der Waals surface area (Å²) >= 11 is 0. The average Bonchev–Trinajstić information content (AvgIpc) is 3.83. The Kier molecular flexibility index (Phi) is 5.67. The lowest BCUT2D eigenvalue weighted by atomic mass is 9.84. The topological polar surface area (TPSA) is 32.0 Å². The number of aromatic nitrogens is 3. The Labute approximate surface area is 272 Å². The lowest BCUT2D eigenvalue weighted by Crippen LogP contribution is -2.25. The van der Waals surface area contributed by atoms with Crippen LogP contribution in [0.2, 0.25) is 0 Å². The van der Waals surface area contributed by atoms with Crippen molar-refractivity contribution in [1.82, 2.24) is 14.1 Å². The number of rotatable bonds is 4. The average molecular weight is 604 g/mol. The molecule has 10 rings (SSSR count). The molecule has 0 fully saturated rings. The number of hydrogen-bond donors (Lipinski definition) is 0. The van der Waals surface area contributed by atoms with Gasteiger partial charge in [0, 0.05) is 27.9 Å². The third-order valence-corrected chi connectivity index (χ3v) is 9.76. The van der Waals surface area contributed by atoms with E-state index in [-0.39, 0.29) is 12.0 Å². The molecule has 6 aromatic carbocycles. The molecule has 0 spiro atoms. The molecule has 2 unspecified atom stereocenters. The summed E-state index contributed by atoms with van der Waals surface area (Å²) in [7, 11) is 0. The number of para-hydroxylation sites is 5. The Morgan fingerprint density at radius 3 is 2.26 bits per heavy atom. The molecule has 0 saturated carbocycles. The van der Waals surface area contributed by atoms with Crippen molar-refractivity contribution in [3.8, 4) is 22.6 Å². The Hall–Kier alpha value is -6.13. The van der Waals surface area contributed by atoms with Gasteiger partial charge in [-0.3, -0.25) is 4.57 Å². The molecular weight excluding hydrogens is 574 g/mol. The van der Waals surface area contributed by atoms with Crippen molar-refractivity contribution < 1.29 is 4.74 Å². The molecule has 8 aromatic rings. The van der Waals surface area contributed by atoms with E-state index in [0.29, 0.717) is 0 Å². The monoisotopic (exact) mass is 603 g/mol. The van der Waals surface area contributed by atoms with E-state index in [1.54, 1.807) is 0 Å². The molecule has 1 aliphatic heterocycles. The number of ether oxygens (including phenoxy) is 1. The van der Waals surface area contributed by atoms with Crippen LogP contribution in [-0.2, 0) is 0 Å². The number of hydrogen-bond acceptors (Lipinski definition) is 2. The van der Waals surface area contributed by atoms with E-state index in [9.17, 15) is 0 Å². The zero-order valence-corrected chi connectivity index (χ0v) is 25.5. The number of allylic oxidation sites excluding steroid dienone is 2. The molecule has 0 saturated heterocycles. The van der Waals surface area contributed by atoms with Crippen LogP contribution < -0.4 is 4.74 Å². The smallest absolute Gasteiger partial charge is 0.149 e. The van der Waals surface area contributed by atoms with E-state index in [1.807, 2.05) is 18.5 Å². The largest absolute Gasteiger partial charge is 0.483 e. The van der Waals surface area contributed by atoms with E-state index < -0.39 is 0 Å². The molecule has 0 radical (unpaired) electrons. The van der Waals surface area contributed by atoms with Gasteiger partial charge in [0.2, 0.25) is 0 Å². The first-order chi connectivity index (χ1) is 23.3. The molecule has 1 aliphatic carbocycles. The Bertz CT molecular complexity index is 2570. The molecule has 47 heavy (non-hydrogen) atoms. The molecule has 2 aromatic heterocycles. The lowest BCUT2D eigenvalue weighted by Gasteiger charge is -2.26. The van der Waals surface area contributed by atoms with Crippen LogP contribution in [0.3, 0.4) is 0 Å². The number of benzene rings is 6. The summed E-state index contributed by atoms with van der Waals surface area (Å²) in [5.74, 6) is 1.05. The maximum Gasteiger partial charge on any atom is 0.149 e. The summed E-state index contributed by atoms with van der Waals surface area (Å²) in [5, 5.41) is 2.51. The molecule has 3 heterocycles. The first-order valence-corrected chi connectivity index (χ1v) is 16.1. The third-order valence-electron chi connectivity index (χ3n) is 9.76. The minimum atomic E-state index is -0.124. The van der Waals surface area contributed by atoms with Crippen molar-refractivity contribution in [2.24, 2.45) is 0 Å². The van der Waals surface area contributed by atoms with Crippen molar-refractivity contribution in [3.05, 3.63) is 175 Å². The molecule has 2 aliphatic rings. The van der Waals surface area contributed by atoms with Gasteiger partial charge in [-0.2, -0.15) is 0 Å². The quantitative estimate of drug-likeness (QED) is 0.200. The fourth-order valence-electron chi connectivity index (χ4n) is 7.58. The zero-order chi connectivity index (χ0) is 30.9. The number of nitrogens with zero attached hydrogens (tertiary/aromatic N) is 3. The van der Waals surface area contributed by atoms with Crippen LogP contribution in [0.25, 0.3) is 60.9 Å². The molecule has 2 atom stereocenters. The Morgan fingerprint density at radius 1 is 0.574 bits per heavy atom. The summed E-state index contributed by atoms with van der Waals surface area (Å²) in [6.45, 7) is 0. The summed E-state index contributed by atoms with van der Waals surface area (Å²) in [6.07, 6.45) is 6.48. The van der Waals surface area contributed by atoms with Gasteiger partial charge in [0.05, 0.1) is 27.8 Å². The van der Waals surface area contributed by atoms with Crippen molar-refractivity contribution in [3.63, 3.8) is 0 Å². The highest BCUT2D eigenvalue weighted by atomic mass is 16.5. The maximum absolute atomic E-state index is 6.62. The fraction of sp³-hybridized carbons (Fsp3) is 0.0465. The van der Waals surface area contributed by atoms with Crippen LogP contribution in [0.1, 0.15) is 17.0 Å². The van der Waals surface area contributed by atoms with Gasteiger partial charge in [0.1, 0.15) is 18.2 Å².